The maximum Gasteiger partial charge on any atom is 0.137 e. The van der Waals surface area contributed by atoms with Gasteiger partial charge in [-0.2, -0.15) is 0 Å². The molecule has 0 unspecified atom stereocenters. The molecule has 0 saturated heterocycles. The highest BCUT2D eigenvalue weighted by Crippen LogP contribution is 2.23. The first kappa shape index (κ1) is 14.9. The molecule has 0 fully saturated rings. The Bertz CT molecular complexity index is 601. The van der Waals surface area contributed by atoms with E-state index in [1.807, 2.05) is 32.0 Å². The Hall–Kier alpha value is -1.55. The van der Waals surface area contributed by atoms with E-state index in [-0.39, 0.29) is 5.82 Å². The Labute approximate surface area is 127 Å². The number of hydrogen-bond acceptors (Lipinski definition) is 2. The highest BCUT2D eigenvalue weighted by Gasteiger charge is 2.03. The van der Waals surface area contributed by atoms with Crippen LogP contribution in [0, 0.1) is 12.7 Å². The molecule has 0 bridgehead atoms. The van der Waals surface area contributed by atoms with Crippen molar-refractivity contribution in [1.82, 2.24) is 0 Å². The average molecular weight is 338 g/mol. The van der Waals surface area contributed by atoms with E-state index in [0.29, 0.717) is 17.6 Å². The minimum absolute atomic E-state index is 0.244. The summed E-state index contributed by atoms with van der Waals surface area (Å²) in [5.74, 6) is 0.631. The zero-order chi connectivity index (χ0) is 14.5. The van der Waals surface area contributed by atoms with Crippen LogP contribution < -0.4 is 10.1 Å². The summed E-state index contributed by atoms with van der Waals surface area (Å²) in [6.07, 6.45) is 0. The standard InChI is InChI=1S/C16H17BrFNO/c1-3-20-13-5-7-16(11(2)8-13)19-10-12-4-6-15(18)14(17)9-12/h4-9,19H,3,10H2,1-2H3. The van der Waals surface area contributed by atoms with E-state index in [1.165, 1.54) is 6.07 Å². The molecule has 0 radical (unpaired) electrons. The van der Waals surface area contributed by atoms with Crippen LogP contribution in [0.2, 0.25) is 0 Å². The maximum absolute atomic E-state index is 13.2. The largest absolute Gasteiger partial charge is 0.494 e. The second-order valence-electron chi connectivity index (χ2n) is 4.51. The normalized spacial score (nSPS) is 10.4. The fourth-order valence-corrected chi connectivity index (χ4v) is 2.36. The minimum Gasteiger partial charge on any atom is -0.494 e. The fraction of sp³-hybridized carbons (Fsp3) is 0.250. The number of benzene rings is 2. The molecule has 20 heavy (non-hydrogen) atoms. The first-order valence-corrected chi connectivity index (χ1v) is 7.30. The third kappa shape index (κ3) is 3.73. The molecule has 2 aromatic carbocycles. The molecule has 0 aliphatic rings. The topological polar surface area (TPSA) is 21.3 Å². The molecule has 0 saturated carbocycles. The minimum atomic E-state index is -0.244. The van der Waals surface area contributed by atoms with Crippen LogP contribution in [-0.2, 0) is 6.54 Å². The number of nitrogens with one attached hydrogen (secondary N) is 1. The molecule has 2 nitrogen and oxygen atoms in total. The Morgan fingerprint density at radius 3 is 2.65 bits per heavy atom. The van der Waals surface area contributed by atoms with Crippen molar-refractivity contribution in [3.8, 4) is 5.75 Å². The first-order chi connectivity index (χ1) is 9.60. The Kier molecular flexibility index (Phi) is 5.01. The quantitative estimate of drug-likeness (QED) is 0.837. The van der Waals surface area contributed by atoms with Gasteiger partial charge >= 0.3 is 0 Å². The third-order valence-corrected chi connectivity index (χ3v) is 3.58. The van der Waals surface area contributed by atoms with Crippen LogP contribution in [0.5, 0.6) is 5.75 Å². The van der Waals surface area contributed by atoms with Gasteiger partial charge in [-0.3, -0.25) is 0 Å². The van der Waals surface area contributed by atoms with Gasteiger partial charge in [-0.25, -0.2) is 4.39 Å². The predicted octanol–water partition coefficient (Wildman–Crippen LogP) is 4.91. The molecule has 106 valence electrons. The lowest BCUT2D eigenvalue weighted by atomic mass is 10.1. The molecule has 4 heteroatoms. The van der Waals surface area contributed by atoms with Gasteiger partial charge in [-0.05, 0) is 71.2 Å². The molecular weight excluding hydrogens is 321 g/mol. The number of rotatable bonds is 5. The Morgan fingerprint density at radius 2 is 2.00 bits per heavy atom. The molecule has 0 amide bonds. The summed E-state index contributed by atoms with van der Waals surface area (Å²) in [4.78, 5) is 0. The van der Waals surface area contributed by atoms with Crippen molar-refractivity contribution in [2.24, 2.45) is 0 Å². The second kappa shape index (κ2) is 6.75. The summed E-state index contributed by atoms with van der Waals surface area (Å²) in [6, 6.07) is 11.0. The van der Waals surface area contributed by atoms with Crippen molar-refractivity contribution in [3.63, 3.8) is 0 Å². The molecule has 2 rings (SSSR count). The highest BCUT2D eigenvalue weighted by atomic mass is 79.9. The molecule has 1 N–H and O–H groups in total. The van der Waals surface area contributed by atoms with E-state index in [0.717, 1.165) is 22.6 Å². The van der Waals surface area contributed by atoms with Crippen molar-refractivity contribution in [3.05, 3.63) is 57.8 Å². The first-order valence-electron chi connectivity index (χ1n) is 6.51. The molecule has 0 aromatic heterocycles. The second-order valence-corrected chi connectivity index (χ2v) is 5.37. The van der Waals surface area contributed by atoms with E-state index in [1.54, 1.807) is 12.1 Å². The summed E-state index contributed by atoms with van der Waals surface area (Å²) in [5.41, 5.74) is 3.19. The number of halogens is 2. The molecule has 0 atom stereocenters. The summed E-state index contributed by atoms with van der Waals surface area (Å²) in [6.45, 7) is 5.31. The summed E-state index contributed by atoms with van der Waals surface area (Å²) < 4.78 is 19.1. The van der Waals surface area contributed by atoms with Gasteiger partial charge in [0.1, 0.15) is 11.6 Å². The van der Waals surface area contributed by atoms with E-state index in [9.17, 15) is 4.39 Å². The molecule has 0 heterocycles. The van der Waals surface area contributed by atoms with Crippen LogP contribution in [0.4, 0.5) is 10.1 Å². The van der Waals surface area contributed by atoms with E-state index in [2.05, 4.69) is 21.2 Å². The number of aryl methyl sites for hydroxylation is 1. The predicted molar refractivity (Wildman–Crippen MR) is 83.8 cm³/mol. The molecule has 0 aliphatic carbocycles. The van der Waals surface area contributed by atoms with Crippen molar-refractivity contribution in [2.75, 3.05) is 11.9 Å². The van der Waals surface area contributed by atoms with Gasteiger partial charge in [0.25, 0.3) is 0 Å². The third-order valence-electron chi connectivity index (χ3n) is 2.98. The van der Waals surface area contributed by atoms with Gasteiger partial charge in [-0.1, -0.05) is 6.07 Å². The highest BCUT2D eigenvalue weighted by molar-refractivity contribution is 9.10. The molecule has 0 aliphatic heterocycles. The summed E-state index contributed by atoms with van der Waals surface area (Å²) >= 11 is 3.19. The lowest BCUT2D eigenvalue weighted by Crippen LogP contribution is -2.02. The fourth-order valence-electron chi connectivity index (χ4n) is 1.94. The summed E-state index contributed by atoms with van der Waals surface area (Å²) in [7, 11) is 0. The molecular formula is C16H17BrFNO. The van der Waals surface area contributed by atoms with Crippen LogP contribution in [0.25, 0.3) is 0 Å². The van der Waals surface area contributed by atoms with Crippen molar-refractivity contribution < 1.29 is 9.13 Å². The number of ether oxygens (including phenoxy) is 1. The van der Waals surface area contributed by atoms with E-state index >= 15 is 0 Å². The average Bonchev–Trinajstić information content (AvgIpc) is 2.42. The zero-order valence-electron chi connectivity index (χ0n) is 11.5. The lowest BCUT2D eigenvalue weighted by Gasteiger charge is -2.12. The Morgan fingerprint density at radius 1 is 1.20 bits per heavy atom. The van der Waals surface area contributed by atoms with E-state index in [4.69, 9.17) is 4.74 Å². The van der Waals surface area contributed by atoms with Crippen LogP contribution in [0.3, 0.4) is 0 Å². The van der Waals surface area contributed by atoms with Gasteiger partial charge in [0.05, 0.1) is 11.1 Å². The SMILES string of the molecule is CCOc1ccc(NCc2ccc(F)c(Br)c2)c(C)c1. The van der Waals surface area contributed by atoms with Gasteiger partial charge in [0, 0.05) is 12.2 Å². The smallest absolute Gasteiger partial charge is 0.137 e. The van der Waals surface area contributed by atoms with Gasteiger partial charge in [0.2, 0.25) is 0 Å². The van der Waals surface area contributed by atoms with Crippen LogP contribution >= 0.6 is 15.9 Å². The number of anilines is 1. The number of hydrogen-bond donors (Lipinski definition) is 1. The van der Waals surface area contributed by atoms with Gasteiger partial charge < -0.3 is 10.1 Å². The van der Waals surface area contributed by atoms with Crippen molar-refractivity contribution in [1.29, 1.82) is 0 Å². The van der Waals surface area contributed by atoms with Gasteiger partial charge in [-0.15, -0.1) is 0 Å². The van der Waals surface area contributed by atoms with Crippen molar-refractivity contribution in [2.45, 2.75) is 20.4 Å². The Balaban J connectivity index is 2.05. The monoisotopic (exact) mass is 337 g/mol. The zero-order valence-corrected chi connectivity index (χ0v) is 13.1. The van der Waals surface area contributed by atoms with Gasteiger partial charge in [0.15, 0.2) is 0 Å². The maximum atomic E-state index is 13.2. The lowest BCUT2D eigenvalue weighted by molar-refractivity contribution is 0.340. The van der Waals surface area contributed by atoms with Crippen LogP contribution in [0.1, 0.15) is 18.1 Å². The van der Waals surface area contributed by atoms with E-state index < -0.39 is 0 Å². The summed E-state index contributed by atoms with van der Waals surface area (Å²) in [5, 5.41) is 3.35. The van der Waals surface area contributed by atoms with Crippen LogP contribution in [-0.4, -0.2) is 6.61 Å². The molecule has 0 spiro atoms. The van der Waals surface area contributed by atoms with Crippen LogP contribution in [0.15, 0.2) is 40.9 Å². The van der Waals surface area contributed by atoms with Crippen molar-refractivity contribution >= 4 is 21.6 Å². The molecule has 2 aromatic rings.